The molecule has 3 nitrogen and oxygen atoms in total. The number of thiazole rings is 1. The Morgan fingerprint density at radius 3 is 2.40 bits per heavy atom. The number of nitrogens with zero attached hydrogens (tertiary/aromatic N) is 2. The molecule has 0 spiro atoms. The molecule has 0 fully saturated rings. The first kappa shape index (κ1) is 12.5. The van der Waals surface area contributed by atoms with Crippen molar-refractivity contribution in [1.82, 2.24) is 4.98 Å². The maximum atomic E-state index is 9.10. The van der Waals surface area contributed by atoms with Crippen molar-refractivity contribution in [2.24, 2.45) is 5.41 Å². The summed E-state index contributed by atoms with van der Waals surface area (Å²) in [7, 11) is 2.05. The Morgan fingerprint density at radius 2 is 2.00 bits per heavy atom. The number of aromatic nitrogens is 1. The molecule has 86 valence electrons. The molecule has 15 heavy (non-hydrogen) atoms. The Bertz CT molecular complexity index is 328. The average molecular weight is 228 g/mol. The van der Waals surface area contributed by atoms with Gasteiger partial charge in [0.2, 0.25) is 0 Å². The molecular weight excluding hydrogens is 208 g/mol. The van der Waals surface area contributed by atoms with E-state index in [1.165, 1.54) is 0 Å². The van der Waals surface area contributed by atoms with Crippen LogP contribution in [0.5, 0.6) is 0 Å². The molecule has 0 saturated carbocycles. The van der Waals surface area contributed by atoms with Crippen LogP contribution in [0.3, 0.4) is 0 Å². The fourth-order valence-electron chi connectivity index (χ4n) is 1.50. The molecule has 0 aromatic carbocycles. The summed E-state index contributed by atoms with van der Waals surface area (Å²) >= 11 is 1.57. The van der Waals surface area contributed by atoms with E-state index >= 15 is 0 Å². The van der Waals surface area contributed by atoms with E-state index in [9.17, 15) is 0 Å². The smallest absolute Gasteiger partial charge is 0.185 e. The Labute approximate surface area is 95.8 Å². The molecule has 0 aliphatic rings. The molecule has 0 aliphatic carbocycles. The number of anilines is 1. The second kappa shape index (κ2) is 4.49. The Kier molecular flexibility index (Phi) is 3.73. The highest BCUT2D eigenvalue weighted by molar-refractivity contribution is 7.15. The summed E-state index contributed by atoms with van der Waals surface area (Å²) in [5.41, 5.74) is 1.20. The van der Waals surface area contributed by atoms with Gasteiger partial charge in [0, 0.05) is 13.6 Å². The number of rotatable bonds is 3. The average Bonchev–Trinajstić information content (AvgIpc) is 2.43. The number of aryl methyl sites for hydroxylation is 1. The molecular formula is C11H20N2OS. The van der Waals surface area contributed by atoms with Crippen LogP contribution >= 0.6 is 11.3 Å². The summed E-state index contributed by atoms with van der Waals surface area (Å²) in [5.74, 6) is 0. The topological polar surface area (TPSA) is 36.4 Å². The molecule has 0 amide bonds. The molecule has 1 aromatic heterocycles. The summed E-state index contributed by atoms with van der Waals surface area (Å²) in [5, 5.41) is 10.1. The van der Waals surface area contributed by atoms with Crippen molar-refractivity contribution in [3.63, 3.8) is 0 Å². The summed E-state index contributed by atoms with van der Waals surface area (Å²) < 4.78 is 0. The summed E-state index contributed by atoms with van der Waals surface area (Å²) in [6, 6.07) is 0. The third-order valence-electron chi connectivity index (χ3n) is 2.06. The minimum Gasteiger partial charge on any atom is -0.391 e. The second-order valence-corrected chi connectivity index (χ2v) is 6.14. The highest BCUT2D eigenvalue weighted by Gasteiger charge is 2.17. The molecule has 4 heteroatoms. The van der Waals surface area contributed by atoms with Gasteiger partial charge in [0.15, 0.2) is 5.13 Å². The van der Waals surface area contributed by atoms with Crippen LogP contribution in [0.2, 0.25) is 0 Å². The van der Waals surface area contributed by atoms with E-state index < -0.39 is 0 Å². The van der Waals surface area contributed by atoms with Gasteiger partial charge >= 0.3 is 0 Å². The maximum Gasteiger partial charge on any atom is 0.185 e. The van der Waals surface area contributed by atoms with Crippen molar-refractivity contribution in [3.05, 3.63) is 10.6 Å². The van der Waals surface area contributed by atoms with Gasteiger partial charge in [-0.3, -0.25) is 0 Å². The Balaban J connectivity index is 2.78. The maximum absolute atomic E-state index is 9.10. The fourth-order valence-corrected chi connectivity index (χ4v) is 2.38. The van der Waals surface area contributed by atoms with Gasteiger partial charge in [-0.1, -0.05) is 32.1 Å². The van der Waals surface area contributed by atoms with Crippen LogP contribution in [-0.2, 0) is 6.61 Å². The molecule has 0 atom stereocenters. The standard InChI is InChI=1S/C11H20N2OS/c1-8-9(6-14)15-10(12-8)13(5)7-11(2,3)4/h14H,6-7H2,1-5H3. The van der Waals surface area contributed by atoms with Crippen molar-refractivity contribution in [1.29, 1.82) is 0 Å². The number of hydrogen-bond acceptors (Lipinski definition) is 4. The van der Waals surface area contributed by atoms with Gasteiger partial charge in [0.1, 0.15) is 0 Å². The first-order chi connectivity index (χ1) is 6.83. The lowest BCUT2D eigenvalue weighted by Crippen LogP contribution is -2.28. The van der Waals surface area contributed by atoms with Crippen molar-refractivity contribution >= 4 is 16.5 Å². The molecule has 0 aliphatic heterocycles. The van der Waals surface area contributed by atoms with Crippen LogP contribution < -0.4 is 4.90 Å². The third-order valence-corrected chi connectivity index (χ3v) is 3.32. The SMILES string of the molecule is Cc1nc(N(C)CC(C)(C)C)sc1CO. The number of aliphatic hydroxyl groups excluding tert-OH is 1. The molecule has 0 saturated heterocycles. The molecule has 0 bridgehead atoms. The largest absolute Gasteiger partial charge is 0.391 e. The van der Waals surface area contributed by atoms with Crippen LogP contribution in [0, 0.1) is 12.3 Å². The van der Waals surface area contributed by atoms with Crippen molar-refractivity contribution < 1.29 is 5.11 Å². The van der Waals surface area contributed by atoms with Crippen LogP contribution in [0.25, 0.3) is 0 Å². The minimum atomic E-state index is 0.0901. The lowest BCUT2D eigenvalue weighted by Gasteiger charge is -2.26. The first-order valence-electron chi connectivity index (χ1n) is 5.12. The molecule has 0 unspecified atom stereocenters. The van der Waals surface area contributed by atoms with Gasteiger partial charge in [-0.15, -0.1) is 0 Å². The summed E-state index contributed by atoms with van der Waals surface area (Å²) in [6.45, 7) is 9.61. The van der Waals surface area contributed by atoms with Crippen LogP contribution in [0.4, 0.5) is 5.13 Å². The van der Waals surface area contributed by atoms with E-state index in [0.29, 0.717) is 0 Å². The second-order valence-electron chi connectivity index (χ2n) is 5.08. The van der Waals surface area contributed by atoms with E-state index in [2.05, 4.69) is 30.7 Å². The van der Waals surface area contributed by atoms with E-state index in [-0.39, 0.29) is 12.0 Å². The van der Waals surface area contributed by atoms with Gasteiger partial charge in [0.25, 0.3) is 0 Å². The Hall–Kier alpha value is -0.610. The van der Waals surface area contributed by atoms with E-state index in [0.717, 1.165) is 22.2 Å². The Morgan fingerprint density at radius 1 is 1.40 bits per heavy atom. The molecule has 0 radical (unpaired) electrons. The van der Waals surface area contributed by atoms with Crippen molar-refractivity contribution in [2.45, 2.75) is 34.3 Å². The zero-order chi connectivity index (χ0) is 11.6. The molecule has 1 N–H and O–H groups in total. The minimum absolute atomic E-state index is 0.0901. The van der Waals surface area contributed by atoms with Crippen LogP contribution in [0.1, 0.15) is 31.3 Å². The monoisotopic (exact) mass is 228 g/mol. The van der Waals surface area contributed by atoms with E-state index in [1.807, 2.05) is 14.0 Å². The highest BCUT2D eigenvalue weighted by Crippen LogP contribution is 2.27. The zero-order valence-corrected chi connectivity index (χ0v) is 11.0. The molecule has 1 aromatic rings. The fraction of sp³-hybridized carbons (Fsp3) is 0.727. The normalized spacial score (nSPS) is 11.9. The van der Waals surface area contributed by atoms with Crippen LogP contribution in [0.15, 0.2) is 0 Å². The molecule has 1 heterocycles. The third kappa shape index (κ3) is 3.47. The van der Waals surface area contributed by atoms with Crippen molar-refractivity contribution in [2.75, 3.05) is 18.5 Å². The summed E-state index contributed by atoms with van der Waals surface area (Å²) in [6.07, 6.45) is 0. The van der Waals surface area contributed by atoms with E-state index in [4.69, 9.17) is 5.11 Å². The quantitative estimate of drug-likeness (QED) is 0.863. The lowest BCUT2D eigenvalue weighted by atomic mass is 9.96. The predicted molar refractivity (Wildman–Crippen MR) is 65.5 cm³/mol. The summed E-state index contributed by atoms with van der Waals surface area (Å²) in [4.78, 5) is 7.56. The van der Waals surface area contributed by atoms with Crippen molar-refractivity contribution in [3.8, 4) is 0 Å². The number of aliphatic hydroxyl groups is 1. The van der Waals surface area contributed by atoms with Gasteiger partial charge in [-0.25, -0.2) is 4.98 Å². The van der Waals surface area contributed by atoms with Gasteiger partial charge < -0.3 is 10.0 Å². The molecule has 1 rings (SSSR count). The first-order valence-corrected chi connectivity index (χ1v) is 5.93. The van der Waals surface area contributed by atoms with Crippen LogP contribution in [-0.4, -0.2) is 23.7 Å². The van der Waals surface area contributed by atoms with E-state index in [1.54, 1.807) is 11.3 Å². The lowest BCUT2D eigenvalue weighted by molar-refractivity contribution is 0.284. The van der Waals surface area contributed by atoms with Gasteiger partial charge in [0.05, 0.1) is 17.2 Å². The van der Waals surface area contributed by atoms with Gasteiger partial charge in [-0.05, 0) is 12.3 Å². The zero-order valence-electron chi connectivity index (χ0n) is 10.2. The predicted octanol–water partition coefficient (Wildman–Crippen LogP) is 2.43. The van der Waals surface area contributed by atoms with Gasteiger partial charge in [-0.2, -0.15) is 0 Å². The number of hydrogen-bond donors (Lipinski definition) is 1. The highest BCUT2D eigenvalue weighted by atomic mass is 32.1.